The van der Waals surface area contributed by atoms with Crippen LogP contribution in [0.3, 0.4) is 0 Å². The van der Waals surface area contributed by atoms with Gasteiger partial charge in [0.1, 0.15) is 11.6 Å². The molecule has 1 atom stereocenters. The smallest absolute Gasteiger partial charge is 0.408 e. The summed E-state index contributed by atoms with van der Waals surface area (Å²) in [5, 5.41) is 0.0597. The van der Waals surface area contributed by atoms with Crippen LogP contribution >= 0.6 is 7.60 Å². The Morgan fingerprint density at radius 2 is 1.61 bits per heavy atom. The summed E-state index contributed by atoms with van der Waals surface area (Å²) in [6.07, 6.45) is 0. The van der Waals surface area contributed by atoms with Gasteiger partial charge in [0.05, 0.1) is 5.30 Å². The highest BCUT2D eigenvalue weighted by Gasteiger charge is 2.24. The van der Waals surface area contributed by atoms with Crippen LogP contribution < -0.4 is 9.83 Å². The molecule has 2 rings (SSSR count). The molecule has 0 aromatic heterocycles. The van der Waals surface area contributed by atoms with Crippen molar-refractivity contribution in [3.63, 3.8) is 0 Å². The van der Waals surface area contributed by atoms with E-state index in [2.05, 4.69) is 0 Å². The molecule has 0 fully saturated rings. The molecule has 0 aliphatic carbocycles. The molecule has 0 aliphatic heterocycles. The molecular formula is C13H12FO3P. The minimum atomic E-state index is -3.97. The Hall–Kier alpha value is -1.64. The summed E-state index contributed by atoms with van der Waals surface area (Å²) in [5.41, 5.74) is 1.02. The minimum absolute atomic E-state index is 0.0597. The van der Waals surface area contributed by atoms with Crippen molar-refractivity contribution in [1.82, 2.24) is 0 Å². The maximum Gasteiger partial charge on any atom is 0.408 e. The Balaban J connectivity index is 2.24. The lowest BCUT2D eigenvalue weighted by molar-refractivity contribution is 0.393. The van der Waals surface area contributed by atoms with Crippen molar-refractivity contribution in [2.75, 3.05) is 0 Å². The van der Waals surface area contributed by atoms with Crippen molar-refractivity contribution in [2.24, 2.45) is 0 Å². The first-order chi connectivity index (χ1) is 8.47. The molecule has 0 aliphatic rings. The average Bonchev–Trinajstić information content (AvgIpc) is 2.32. The molecule has 0 spiro atoms. The van der Waals surface area contributed by atoms with Crippen molar-refractivity contribution in [1.29, 1.82) is 0 Å². The number of aryl methyl sites for hydroxylation is 1. The number of benzene rings is 2. The van der Waals surface area contributed by atoms with Crippen LogP contribution in [0.5, 0.6) is 5.75 Å². The summed E-state index contributed by atoms with van der Waals surface area (Å²) >= 11 is 0. The third-order valence-corrected chi connectivity index (χ3v) is 3.81. The topological polar surface area (TPSA) is 46.5 Å². The molecule has 0 saturated carbocycles. The van der Waals surface area contributed by atoms with E-state index in [1.165, 1.54) is 12.1 Å². The molecule has 1 unspecified atom stereocenters. The first kappa shape index (κ1) is 12.8. The molecule has 1 N–H and O–H groups in total. The van der Waals surface area contributed by atoms with Crippen LogP contribution in [-0.2, 0) is 4.57 Å². The van der Waals surface area contributed by atoms with Gasteiger partial charge in [-0.25, -0.2) is 8.96 Å². The largest absolute Gasteiger partial charge is 0.421 e. The van der Waals surface area contributed by atoms with E-state index in [9.17, 15) is 13.8 Å². The second-order valence-corrected chi connectivity index (χ2v) is 5.64. The van der Waals surface area contributed by atoms with Crippen molar-refractivity contribution < 1.29 is 18.4 Å². The average molecular weight is 266 g/mol. The molecule has 5 heteroatoms. The second kappa shape index (κ2) is 4.92. The van der Waals surface area contributed by atoms with E-state index in [1.807, 2.05) is 6.92 Å². The molecule has 3 nitrogen and oxygen atoms in total. The molecule has 94 valence electrons. The Morgan fingerprint density at radius 3 is 2.17 bits per heavy atom. The summed E-state index contributed by atoms with van der Waals surface area (Å²) in [5.74, 6) is -0.162. The van der Waals surface area contributed by atoms with Gasteiger partial charge in [-0.05, 0) is 43.3 Å². The van der Waals surface area contributed by atoms with Crippen molar-refractivity contribution in [3.8, 4) is 5.75 Å². The molecule has 0 saturated heterocycles. The molecule has 18 heavy (non-hydrogen) atoms. The zero-order valence-corrected chi connectivity index (χ0v) is 10.6. The minimum Gasteiger partial charge on any atom is -0.421 e. The van der Waals surface area contributed by atoms with Crippen LogP contribution in [-0.4, -0.2) is 4.89 Å². The Bertz CT molecular complexity index is 578. The quantitative estimate of drug-likeness (QED) is 0.868. The Labute approximate surface area is 104 Å². The van der Waals surface area contributed by atoms with Gasteiger partial charge in [-0.15, -0.1) is 0 Å². The van der Waals surface area contributed by atoms with Crippen LogP contribution in [0.4, 0.5) is 4.39 Å². The van der Waals surface area contributed by atoms with E-state index in [0.717, 1.165) is 17.7 Å². The highest BCUT2D eigenvalue weighted by Crippen LogP contribution is 2.41. The van der Waals surface area contributed by atoms with Gasteiger partial charge in [-0.3, -0.25) is 0 Å². The summed E-state index contributed by atoms with van der Waals surface area (Å²) < 4.78 is 29.8. The van der Waals surface area contributed by atoms with E-state index < -0.39 is 13.4 Å². The fourth-order valence-corrected chi connectivity index (χ4v) is 2.46. The second-order valence-electron chi connectivity index (χ2n) is 3.90. The highest BCUT2D eigenvalue weighted by molar-refractivity contribution is 7.61. The lowest BCUT2D eigenvalue weighted by Gasteiger charge is -2.13. The van der Waals surface area contributed by atoms with E-state index >= 15 is 0 Å². The highest BCUT2D eigenvalue weighted by atomic mass is 31.2. The molecule has 2 aromatic carbocycles. The Kier molecular flexibility index (Phi) is 3.50. The van der Waals surface area contributed by atoms with Gasteiger partial charge in [0.25, 0.3) is 0 Å². The summed E-state index contributed by atoms with van der Waals surface area (Å²) in [6.45, 7) is 1.91. The van der Waals surface area contributed by atoms with Gasteiger partial charge < -0.3 is 9.42 Å². The van der Waals surface area contributed by atoms with Gasteiger partial charge in [0.2, 0.25) is 0 Å². The van der Waals surface area contributed by atoms with Gasteiger partial charge in [0, 0.05) is 0 Å². The maximum absolute atomic E-state index is 12.7. The third-order valence-electron chi connectivity index (χ3n) is 2.40. The zero-order chi connectivity index (χ0) is 13.2. The number of hydrogen-bond donors (Lipinski definition) is 1. The standard InChI is InChI=1S/C13H12FO3P/c1-10-2-6-12(7-3-10)17-18(15,16)13-8-4-11(14)5-9-13/h2-9H,1H3,(H,15,16). The first-order valence-electron chi connectivity index (χ1n) is 5.32. The molecule has 0 heterocycles. The number of halogens is 1. The lowest BCUT2D eigenvalue weighted by Crippen LogP contribution is -2.08. The fraction of sp³-hybridized carbons (Fsp3) is 0.0769. The van der Waals surface area contributed by atoms with E-state index in [1.54, 1.807) is 24.3 Å². The Morgan fingerprint density at radius 1 is 1.06 bits per heavy atom. The molecule has 0 bridgehead atoms. The SMILES string of the molecule is Cc1ccc(OP(=O)(O)c2ccc(F)cc2)cc1. The summed E-state index contributed by atoms with van der Waals surface area (Å²) in [6, 6.07) is 11.5. The van der Waals surface area contributed by atoms with Gasteiger partial charge in [-0.1, -0.05) is 17.7 Å². The normalized spacial score (nSPS) is 13.9. The summed E-state index contributed by atoms with van der Waals surface area (Å²) in [4.78, 5) is 9.81. The number of rotatable bonds is 3. The number of hydrogen-bond acceptors (Lipinski definition) is 2. The maximum atomic E-state index is 12.7. The van der Waals surface area contributed by atoms with Crippen LogP contribution in [0.25, 0.3) is 0 Å². The monoisotopic (exact) mass is 266 g/mol. The van der Waals surface area contributed by atoms with E-state index in [0.29, 0.717) is 5.75 Å². The lowest BCUT2D eigenvalue weighted by atomic mass is 10.2. The van der Waals surface area contributed by atoms with E-state index in [4.69, 9.17) is 4.52 Å². The molecule has 2 aromatic rings. The summed E-state index contributed by atoms with van der Waals surface area (Å²) in [7, 11) is -3.97. The predicted molar refractivity (Wildman–Crippen MR) is 67.7 cm³/mol. The third kappa shape index (κ3) is 2.97. The van der Waals surface area contributed by atoms with Crippen LogP contribution in [0.1, 0.15) is 5.56 Å². The predicted octanol–water partition coefficient (Wildman–Crippen LogP) is 3.02. The van der Waals surface area contributed by atoms with Crippen molar-refractivity contribution in [3.05, 3.63) is 59.9 Å². The van der Waals surface area contributed by atoms with Crippen LogP contribution in [0.2, 0.25) is 0 Å². The van der Waals surface area contributed by atoms with Crippen molar-refractivity contribution in [2.45, 2.75) is 6.92 Å². The fourth-order valence-electron chi connectivity index (χ4n) is 1.42. The van der Waals surface area contributed by atoms with Gasteiger partial charge in [0.15, 0.2) is 0 Å². The molecule has 0 radical (unpaired) electrons. The zero-order valence-electron chi connectivity index (χ0n) is 9.71. The first-order valence-corrected chi connectivity index (χ1v) is 6.90. The molecule has 0 amide bonds. The van der Waals surface area contributed by atoms with Gasteiger partial charge in [-0.2, -0.15) is 0 Å². The van der Waals surface area contributed by atoms with Crippen LogP contribution in [0.15, 0.2) is 48.5 Å². The molecular weight excluding hydrogens is 254 g/mol. The van der Waals surface area contributed by atoms with E-state index in [-0.39, 0.29) is 5.30 Å². The van der Waals surface area contributed by atoms with Crippen molar-refractivity contribution >= 4 is 12.9 Å². The van der Waals surface area contributed by atoms with Gasteiger partial charge >= 0.3 is 7.60 Å². The van der Waals surface area contributed by atoms with Crippen LogP contribution in [0, 0.1) is 12.7 Å².